The SMILES string of the molecule is CCCCCCCCCC([NH3+])C1CCC(CC)(CC)CC1.[OH-]. The van der Waals surface area contributed by atoms with Crippen molar-refractivity contribution in [2.45, 2.75) is 117 Å². The van der Waals surface area contributed by atoms with Crippen LogP contribution in [0.5, 0.6) is 0 Å². The Balaban J connectivity index is 0.00000441. The van der Waals surface area contributed by atoms with Gasteiger partial charge >= 0.3 is 0 Å². The minimum absolute atomic E-state index is 0. The van der Waals surface area contributed by atoms with E-state index in [1.54, 1.807) is 0 Å². The van der Waals surface area contributed by atoms with Crippen molar-refractivity contribution in [2.24, 2.45) is 11.3 Å². The van der Waals surface area contributed by atoms with Crippen LogP contribution in [0.1, 0.15) is 111 Å². The molecule has 1 unspecified atom stereocenters. The minimum Gasteiger partial charge on any atom is -0.870 e. The van der Waals surface area contributed by atoms with Gasteiger partial charge < -0.3 is 11.2 Å². The van der Waals surface area contributed by atoms with E-state index >= 15 is 0 Å². The summed E-state index contributed by atoms with van der Waals surface area (Å²) in [7, 11) is 0. The molecule has 22 heavy (non-hydrogen) atoms. The lowest BCUT2D eigenvalue weighted by Crippen LogP contribution is -2.64. The smallest absolute Gasteiger partial charge is 0.0872 e. The van der Waals surface area contributed by atoms with Crippen LogP contribution < -0.4 is 5.73 Å². The third-order valence-electron chi connectivity index (χ3n) is 6.44. The largest absolute Gasteiger partial charge is 0.870 e. The van der Waals surface area contributed by atoms with Crippen LogP contribution >= 0.6 is 0 Å². The van der Waals surface area contributed by atoms with Crippen LogP contribution in [-0.4, -0.2) is 11.5 Å². The number of rotatable bonds is 11. The first kappa shape index (κ1) is 21.9. The molecule has 0 bridgehead atoms. The average Bonchev–Trinajstić information content (AvgIpc) is 2.54. The molecule has 0 amide bonds. The highest BCUT2D eigenvalue weighted by atomic mass is 16.0. The first-order chi connectivity index (χ1) is 10.2. The topological polar surface area (TPSA) is 57.6 Å². The van der Waals surface area contributed by atoms with Crippen LogP contribution in [0.2, 0.25) is 0 Å². The molecule has 1 aliphatic carbocycles. The van der Waals surface area contributed by atoms with Gasteiger partial charge in [0, 0.05) is 5.92 Å². The van der Waals surface area contributed by atoms with E-state index in [1.807, 2.05) is 0 Å². The summed E-state index contributed by atoms with van der Waals surface area (Å²) >= 11 is 0. The number of hydrogen-bond donors (Lipinski definition) is 1. The van der Waals surface area contributed by atoms with E-state index in [2.05, 4.69) is 26.5 Å². The molecule has 134 valence electrons. The standard InChI is InChI=1S/C20H41N.H2O/c1-4-7-8-9-10-11-12-13-19(21)18-14-16-20(5-2,6-3)17-15-18;/h18-19H,4-17,21H2,1-3H3;1H2. The van der Waals surface area contributed by atoms with Crippen LogP contribution in [0.25, 0.3) is 0 Å². The summed E-state index contributed by atoms with van der Waals surface area (Å²) in [5.41, 5.74) is 5.20. The monoisotopic (exact) mass is 313 g/mol. The van der Waals surface area contributed by atoms with Gasteiger partial charge in [0.05, 0.1) is 6.04 Å². The highest BCUT2D eigenvalue weighted by molar-refractivity contribution is 4.85. The van der Waals surface area contributed by atoms with E-state index in [1.165, 1.54) is 89.9 Å². The van der Waals surface area contributed by atoms with Crippen molar-refractivity contribution in [1.29, 1.82) is 0 Å². The van der Waals surface area contributed by atoms with Crippen molar-refractivity contribution in [2.75, 3.05) is 0 Å². The molecule has 1 saturated carbocycles. The predicted octanol–water partition coefficient (Wildman–Crippen LogP) is 5.56. The Bertz CT molecular complexity index is 240. The van der Waals surface area contributed by atoms with Crippen molar-refractivity contribution in [3.63, 3.8) is 0 Å². The molecule has 0 aromatic carbocycles. The third kappa shape index (κ3) is 7.46. The second kappa shape index (κ2) is 12.4. The molecule has 1 aliphatic rings. The number of unbranched alkanes of at least 4 members (excludes halogenated alkanes) is 6. The molecule has 0 spiro atoms. The Labute approximate surface area is 139 Å². The first-order valence-corrected chi connectivity index (χ1v) is 10.0. The molecular weight excluding hydrogens is 270 g/mol. The van der Waals surface area contributed by atoms with Crippen molar-refractivity contribution < 1.29 is 11.2 Å². The van der Waals surface area contributed by atoms with Crippen LogP contribution in [0, 0.1) is 11.3 Å². The van der Waals surface area contributed by atoms with Gasteiger partial charge in [0.2, 0.25) is 0 Å². The van der Waals surface area contributed by atoms with E-state index < -0.39 is 0 Å². The van der Waals surface area contributed by atoms with Crippen LogP contribution in [-0.2, 0) is 0 Å². The molecular formula is C20H43NO. The summed E-state index contributed by atoms with van der Waals surface area (Å²) in [6, 6.07) is 0.729. The van der Waals surface area contributed by atoms with Gasteiger partial charge in [-0.15, -0.1) is 0 Å². The Kier molecular flexibility index (Phi) is 12.3. The summed E-state index contributed by atoms with van der Waals surface area (Å²) in [6.45, 7) is 7.08. The van der Waals surface area contributed by atoms with E-state index in [4.69, 9.17) is 0 Å². The Morgan fingerprint density at radius 2 is 1.36 bits per heavy atom. The normalized spacial score (nSPS) is 19.6. The fraction of sp³-hybridized carbons (Fsp3) is 1.00. The zero-order chi connectivity index (χ0) is 15.6. The maximum atomic E-state index is 4.51. The zero-order valence-electron chi connectivity index (χ0n) is 15.7. The molecule has 0 aromatic heterocycles. The highest BCUT2D eigenvalue weighted by Crippen LogP contribution is 2.44. The molecule has 1 fully saturated rings. The fourth-order valence-corrected chi connectivity index (χ4v) is 4.28. The lowest BCUT2D eigenvalue weighted by molar-refractivity contribution is -0.437. The zero-order valence-corrected chi connectivity index (χ0v) is 15.7. The van der Waals surface area contributed by atoms with Gasteiger partial charge in [0.25, 0.3) is 0 Å². The predicted molar refractivity (Wildman–Crippen MR) is 96.2 cm³/mol. The van der Waals surface area contributed by atoms with E-state index in [0.717, 1.165) is 12.0 Å². The second-order valence-corrected chi connectivity index (χ2v) is 7.71. The third-order valence-corrected chi connectivity index (χ3v) is 6.44. The molecule has 1 atom stereocenters. The number of quaternary nitrogens is 1. The average molecular weight is 314 g/mol. The molecule has 0 aliphatic heterocycles. The summed E-state index contributed by atoms with van der Waals surface area (Å²) in [6.07, 6.45) is 20.0. The van der Waals surface area contributed by atoms with E-state index in [9.17, 15) is 0 Å². The van der Waals surface area contributed by atoms with Gasteiger partial charge in [-0.2, -0.15) is 0 Å². The van der Waals surface area contributed by atoms with Gasteiger partial charge in [0.1, 0.15) is 0 Å². The molecule has 2 heteroatoms. The molecule has 1 rings (SSSR count). The molecule has 0 saturated heterocycles. The number of hydrogen-bond acceptors (Lipinski definition) is 1. The first-order valence-electron chi connectivity index (χ1n) is 10.0. The summed E-state index contributed by atoms with van der Waals surface area (Å²) < 4.78 is 0. The Morgan fingerprint density at radius 3 is 1.86 bits per heavy atom. The molecule has 4 N–H and O–H groups in total. The minimum atomic E-state index is 0. The summed E-state index contributed by atoms with van der Waals surface area (Å²) in [5, 5.41) is 0. The fourth-order valence-electron chi connectivity index (χ4n) is 4.28. The van der Waals surface area contributed by atoms with E-state index in [-0.39, 0.29) is 5.48 Å². The van der Waals surface area contributed by atoms with Gasteiger partial charge in [-0.1, -0.05) is 72.1 Å². The lowest BCUT2D eigenvalue weighted by Gasteiger charge is -2.40. The molecule has 0 heterocycles. The summed E-state index contributed by atoms with van der Waals surface area (Å²) in [4.78, 5) is 0. The maximum Gasteiger partial charge on any atom is 0.0872 e. The highest BCUT2D eigenvalue weighted by Gasteiger charge is 2.35. The van der Waals surface area contributed by atoms with Crippen LogP contribution in [0.15, 0.2) is 0 Å². The molecule has 0 radical (unpaired) electrons. The summed E-state index contributed by atoms with van der Waals surface area (Å²) in [5.74, 6) is 0.927. The molecule has 2 nitrogen and oxygen atoms in total. The van der Waals surface area contributed by atoms with Gasteiger partial charge in [-0.3, -0.25) is 0 Å². The van der Waals surface area contributed by atoms with Gasteiger partial charge in [-0.05, 0) is 43.9 Å². The van der Waals surface area contributed by atoms with Crippen molar-refractivity contribution >= 4 is 0 Å². The van der Waals surface area contributed by atoms with Gasteiger partial charge in [0.15, 0.2) is 0 Å². The van der Waals surface area contributed by atoms with Crippen LogP contribution in [0.4, 0.5) is 0 Å². The van der Waals surface area contributed by atoms with Crippen LogP contribution in [0.3, 0.4) is 0 Å². The lowest BCUT2D eigenvalue weighted by atomic mass is 9.66. The Morgan fingerprint density at radius 1 is 0.864 bits per heavy atom. The quantitative estimate of drug-likeness (QED) is 0.499. The molecule has 0 aromatic rings. The van der Waals surface area contributed by atoms with Crippen molar-refractivity contribution in [3.05, 3.63) is 0 Å². The second-order valence-electron chi connectivity index (χ2n) is 7.71. The van der Waals surface area contributed by atoms with Crippen molar-refractivity contribution in [1.82, 2.24) is 0 Å². The Hall–Kier alpha value is -0.0800. The van der Waals surface area contributed by atoms with E-state index in [0.29, 0.717) is 5.41 Å². The van der Waals surface area contributed by atoms with Crippen molar-refractivity contribution in [3.8, 4) is 0 Å². The van der Waals surface area contributed by atoms with Gasteiger partial charge in [-0.25, -0.2) is 0 Å². The maximum absolute atomic E-state index is 4.51.